The molecule has 1 unspecified atom stereocenters. The second-order valence-electron chi connectivity index (χ2n) is 5.66. The average Bonchev–Trinajstić information content (AvgIpc) is 2.93. The van der Waals surface area contributed by atoms with Crippen molar-refractivity contribution < 1.29 is 27.5 Å². The van der Waals surface area contributed by atoms with Gasteiger partial charge in [-0.2, -0.15) is 0 Å². The third-order valence-electron chi connectivity index (χ3n) is 3.81. The summed E-state index contributed by atoms with van der Waals surface area (Å²) in [6, 6.07) is 7.50. The molecule has 1 heterocycles. The van der Waals surface area contributed by atoms with Gasteiger partial charge in [0.15, 0.2) is 16.4 Å². The molecule has 1 aliphatic heterocycles. The maximum absolute atomic E-state index is 11.7. The van der Waals surface area contributed by atoms with Crippen LogP contribution in [-0.2, 0) is 30.6 Å². The van der Waals surface area contributed by atoms with Crippen molar-refractivity contribution in [1.29, 1.82) is 0 Å². The number of ether oxygens (including phenoxy) is 2. The Labute approximate surface area is 141 Å². The summed E-state index contributed by atoms with van der Waals surface area (Å²) in [5, 5.41) is 2.66. The first-order valence-electron chi connectivity index (χ1n) is 7.66. The molecule has 1 aromatic carbocycles. The molecule has 1 aromatic rings. The Morgan fingerprint density at radius 3 is 2.54 bits per heavy atom. The van der Waals surface area contributed by atoms with E-state index in [9.17, 15) is 18.0 Å². The minimum absolute atomic E-state index is 0.000818. The smallest absolute Gasteiger partial charge is 0.310 e. The fourth-order valence-corrected chi connectivity index (χ4v) is 4.15. The van der Waals surface area contributed by atoms with E-state index in [4.69, 9.17) is 9.47 Å². The van der Waals surface area contributed by atoms with Crippen molar-refractivity contribution in [3.8, 4) is 5.75 Å². The molecule has 1 N–H and O–H groups in total. The average molecular weight is 355 g/mol. The first kappa shape index (κ1) is 18.3. The molecule has 2 rings (SSSR count). The minimum atomic E-state index is -3.14. The van der Waals surface area contributed by atoms with Crippen molar-refractivity contribution in [3.63, 3.8) is 0 Å². The molecule has 8 heteroatoms. The van der Waals surface area contributed by atoms with Gasteiger partial charge in [-0.15, -0.1) is 0 Å². The van der Waals surface area contributed by atoms with Gasteiger partial charge in [-0.1, -0.05) is 12.1 Å². The van der Waals surface area contributed by atoms with Crippen LogP contribution in [0.25, 0.3) is 0 Å². The highest BCUT2D eigenvalue weighted by Crippen LogP contribution is 2.19. The van der Waals surface area contributed by atoms with Gasteiger partial charge in [0.1, 0.15) is 5.75 Å². The number of sulfone groups is 1. The first-order chi connectivity index (χ1) is 11.4. The Morgan fingerprint density at radius 2 is 1.96 bits per heavy atom. The summed E-state index contributed by atoms with van der Waals surface area (Å²) in [4.78, 5) is 23.4. The number of rotatable bonds is 7. The van der Waals surface area contributed by atoms with E-state index in [1.54, 1.807) is 7.11 Å². The summed E-state index contributed by atoms with van der Waals surface area (Å²) in [5.74, 6) is -1.10. The zero-order chi connectivity index (χ0) is 17.6. The minimum Gasteiger partial charge on any atom is -0.497 e. The van der Waals surface area contributed by atoms with E-state index in [0.29, 0.717) is 13.0 Å². The van der Waals surface area contributed by atoms with Crippen LogP contribution in [0, 0.1) is 5.92 Å². The summed E-state index contributed by atoms with van der Waals surface area (Å²) >= 11 is 0. The largest absolute Gasteiger partial charge is 0.497 e. The highest BCUT2D eigenvalue weighted by Gasteiger charge is 2.34. The maximum Gasteiger partial charge on any atom is 0.310 e. The lowest BCUT2D eigenvalue weighted by atomic mass is 10.1. The second kappa shape index (κ2) is 8.14. The fourth-order valence-electron chi connectivity index (χ4n) is 2.42. The highest BCUT2D eigenvalue weighted by atomic mass is 32.2. The van der Waals surface area contributed by atoms with Crippen LogP contribution in [0.2, 0.25) is 0 Å². The highest BCUT2D eigenvalue weighted by molar-refractivity contribution is 7.91. The third kappa shape index (κ3) is 5.52. The molecule has 1 aliphatic rings. The van der Waals surface area contributed by atoms with Gasteiger partial charge in [-0.3, -0.25) is 9.59 Å². The summed E-state index contributed by atoms with van der Waals surface area (Å²) in [6.45, 7) is 0.0263. The number of carbonyl (C=O) groups is 2. The summed E-state index contributed by atoms with van der Waals surface area (Å²) in [6.07, 6.45) is 0.908. The molecular weight excluding hydrogens is 334 g/mol. The van der Waals surface area contributed by atoms with Gasteiger partial charge < -0.3 is 14.8 Å². The van der Waals surface area contributed by atoms with Gasteiger partial charge in [-0.05, 0) is 30.5 Å². The van der Waals surface area contributed by atoms with Crippen molar-refractivity contribution in [1.82, 2.24) is 5.32 Å². The van der Waals surface area contributed by atoms with Gasteiger partial charge in [0.05, 0.1) is 24.5 Å². The number of hydrogen-bond donors (Lipinski definition) is 1. The predicted octanol–water partition coefficient (Wildman–Crippen LogP) is 0.332. The Morgan fingerprint density at radius 1 is 1.25 bits per heavy atom. The maximum atomic E-state index is 11.7. The number of methoxy groups -OCH3 is 1. The summed E-state index contributed by atoms with van der Waals surface area (Å²) in [7, 11) is -1.54. The van der Waals surface area contributed by atoms with Crippen molar-refractivity contribution >= 4 is 21.7 Å². The van der Waals surface area contributed by atoms with E-state index in [0.717, 1.165) is 11.3 Å². The quantitative estimate of drug-likeness (QED) is 0.708. The standard InChI is InChI=1S/C16H21NO6S/c1-22-14-4-2-12(3-5-14)6-8-17-15(18)10-23-16(19)13-7-9-24(20,21)11-13/h2-5,13H,6-11H2,1H3,(H,17,18). The summed E-state index contributed by atoms with van der Waals surface area (Å²) < 4.78 is 32.6. The molecule has 1 amide bonds. The lowest BCUT2D eigenvalue weighted by molar-refractivity contribution is -0.151. The molecule has 24 heavy (non-hydrogen) atoms. The molecule has 1 atom stereocenters. The van der Waals surface area contributed by atoms with Gasteiger partial charge in [0, 0.05) is 6.54 Å². The Balaban J connectivity index is 1.65. The molecule has 7 nitrogen and oxygen atoms in total. The van der Waals surface area contributed by atoms with Gasteiger partial charge >= 0.3 is 5.97 Å². The van der Waals surface area contributed by atoms with Gasteiger partial charge in [0.2, 0.25) is 0 Å². The topological polar surface area (TPSA) is 98.8 Å². The van der Waals surface area contributed by atoms with E-state index in [1.807, 2.05) is 24.3 Å². The van der Waals surface area contributed by atoms with E-state index in [-0.39, 0.29) is 17.9 Å². The van der Waals surface area contributed by atoms with Crippen LogP contribution in [0.1, 0.15) is 12.0 Å². The SMILES string of the molecule is COc1ccc(CCNC(=O)COC(=O)C2CCS(=O)(=O)C2)cc1. The monoisotopic (exact) mass is 355 g/mol. The van der Waals surface area contributed by atoms with Crippen molar-refractivity contribution in [2.75, 3.05) is 31.8 Å². The Bertz CT molecular complexity index is 683. The molecule has 0 saturated carbocycles. The zero-order valence-electron chi connectivity index (χ0n) is 13.5. The third-order valence-corrected chi connectivity index (χ3v) is 5.57. The Hall–Kier alpha value is -2.09. The van der Waals surface area contributed by atoms with Gasteiger partial charge in [0.25, 0.3) is 5.91 Å². The summed E-state index contributed by atoms with van der Waals surface area (Å²) in [5.41, 5.74) is 1.05. The van der Waals surface area contributed by atoms with Crippen LogP contribution >= 0.6 is 0 Å². The van der Waals surface area contributed by atoms with Crippen LogP contribution in [0.4, 0.5) is 0 Å². The number of carbonyl (C=O) groups excluding carboxylic acids is 2. The lowest BCUT2D eigenvalue weighted by Crippen LogP contribution is -2.31. The number of esters is 1. The second-order valence-corrected chi connectivity index (χ2v) is 7.88. The van der Waals surface area contributed by atoms with E-state index in [1.165, 1.54) is 0 Å². The molecule has 1 saturated heterocycles. The first-order valence-corrected chi connectivity index (χ1v) is 9.48. The molecule has 0 spiro atoms. The zero-order valence-corrected chi connectivity index (χ0v) is 14.3. The van der Waals surface area contributed by atoms with Gasteiger partial charge in [-0.25, -0.2) is 8.42 Å². The Kier molecular flexibility index (Phi) is 6.19. The van der Waals surface area contributed by atoms with E-state index in [2.05, 4.69) is 5.32 Å². The molecule has 0 aliphatic carbocycles. The molecule has 132 valence electrons. The van der Waals surface area contributed by atoms with Crippen LogP contribution in [0.15, 0.2) is 24.3 Å². The van der Waals surface area contributed by atoms with Crippen LogP contribution in [0.3, 0.4) is 0 Å². The van der Waals surface area contributed by atoms with Crippen molar-refractivity contribution in [2.24, 2.45) is 5.92 Å². The number of hydrogen-bond acceptors (Lipinski definition) is 6. The molecule has 0 bridgehead atoms. The number of nitrogens with one attached hydrogen (secondary N) is 1. The van der Waals surface area contributed by atoms with Crippen molar-refractivity contribution in [3.05, 3.63) is 29.8 Å². The predicted molar refractivity (Wildman–Crippen MR) is 87.4 cm³/mol. The number of amides is 1. The van der Waals surface area contributed by atoms with Crippen LogP contribution < -0.4 is 10.1 Å². The molecule has 0 aromatic heterocycles. The molecule has 0 radical (unpaired) electrons. The van der Waals surface area contributed by atoms with Crippen LogP contribution in [-0.4, -0.2) is 52.1 Å². The molecule has 1 fully saturated rings. The normalized spacial score (nSPS) is 18.8. The lowest BCUT2D eigenvalue weighted by Gasteiger charge is -2.09. The van der Waals surface area contributed by atoms with E-state index < -0.39 is 34.2 Å². The van der Waals surface area contributed by atoms with Crippen LogP contribution in [0.5, 0.6) is 5.75 Å². The van der Waals surface area contributed by atoms with E-state index >= 15 is 0 Å². The van der Waals surface area contributed by atoms with Crippen molar-refractivity contribution in [2.45, 2.75) is 12.8 Å². The number of benzene rings is 1. The molecular formula is C16H21NO6S. The fraction of sp³-hybridized carbons (Fsp3) is 0.500.